The molecule has 0 unspecified atom stereocenters. The van der Waals surface area contributed by atoms with Crippen LogP contribution in [0, 0.1) is 0 Å². The van der Waals surface area contributed by atoms with Crippen LogP contribution < -0.4 is 5.32 Å². The molecule has 0 aliphatic carbocycles. The fourth-order valence-corrected chi connectivity index (χ4v) is 2.82. The maximum atomic E-state index is 12.6. The van der Waals surface area contributed by atoms with E-state index in [1.54, 1.807) is 35.7 Å². The Morgan fingerprint density at radius 3 is 2.91 bits per heavy atom. The van der Waals surface area contributed by atoms with Gasteiger partial charge >= 0.3 is 0 Å². The molecule has 2 aromatic heterocycles. The lowest BCUT2D eigenvalue weighted by Crippen LogP contribution is -2.44. The molecule has 120 valence electrons. The Labute approximate surface area is 134 Å². The SMILES string of the molecule is C[C@H](NC(=O)[C@@H]1CCC(=O)N1Cc1ccco1)c1ccncc1. The number of pyridine rings is 1. The van der Waals surface area contributed by atoms with Crippen LogP contribution in [-0.4, -0.2) is 27.7 Å². The Kier molecular flexibility index (Phi) is 4.41. The molecule has 3 rings (SSSR count). The molecule has 1 N–H and O–H groups in total. The second kappa shape index (κ2) is 6.64. The average molecular weight is 313 g/mol. The molecular formula is C17H19N3O3. The number of nitrogens with zero attached hydrogens (tertiary/aromatic N) is 2. The van der Waals surface area contributed by atoms with Gasteiger partial charge in [-0.25, -0.2) is 0 Å². The van der Waals surface area contributed by atoms with E-state index in [0.717, 1.165) is 5.56 Å². The van der Waals surface area contributed by atoms with E-state index >= 15 is 0 Å². The molecule has 6 heteroatoms. The third-order valence-corrected chi connectivity index (χ3v) is 4.10. The van der Waals surface area contributed by atoms with Crippen molar-refractivity contribution in [3.63, 3.8) is 0 Å². The van der Waals surface area contributed by atoms with E-state index in [-0.39, 0.29) is 17.9 Å². The van der Waals surface area contributed by atoms with Crippen LogP contribution in [-0.2, 0) is 16.1 Å². The van der Waals surface area contributed by atoms with Crippen LogP contribution in [0.15, 0.2) is 47.3 Å². The predicted molar refractivity (Wildman–Crippen MR) is 83.1 cm³/mol. The molecule has 0 aromatic carbocycles. The van der Waals surface area contributed by atoms with Crippen LogP contribution in [0.5, 0.6) is 0 Å². The first kappa shape index (κ1) is 15.3. The normalized spacial score (nSPS) is 18.9. The van der Waals surface area contributed by atoms with E-state index in [1.807, 2.05) is 19.1 Å². The molecule has 0 bridgehead atoms. The lowest BCUT2D eigenvalue weighted by molar-refractivity contribution is -0.136. The lowest BCUT2D eigenvalue weighted by Gasteiger charge is -2.25. The van der Waals surface area contributed by atoms with Gasteiger partial charge in [-0.2, -0.15) is 0 Å². The molecule has 6 nitrogen and oxygen atoms in total. The number of amides is 2. The maximum Gasteiger partial charge on any atom is 0.243 e. The summed E-state index contributed by atoms with van der Waals surface area (Å²) in [6, 6.07) is 6.73. The number of rotatable bonds is 5. The zero-order chi connectivity index (χ0) is 16.2. The summed E-state index contributed by atoms with van der Waals surface area (Å²) < 4.78 is 5.29. The monoisotopic (exact) mass is 313 g/mol. The molecule has 2 aromatic rings. The number of likely N-dealkylation sites (tertiary alicyclic amines) is 1. The number of carbonyl (C=O) groups is 2. The Morgan fingerprint density at radius 2 is 2.22 bits per heavy atom. The summed E-state index contributed by atoms with van der Waals surface area (Å²) in [6.45, 7) is 2.24. The van der Waals surface area contributed by atoms with E-state index in [1.165, 1.54) is 0 Å². The first-order chi connectivity index (χ1) is 11.1. The van der Waals surface area contributed by atoms with Crippen LogP contribution in [0.4, 0.5) is 0 Å². The fourth-order valence-electron chi connectivity index (χ4n) is 2.82. The molecule has 0 radical (unpaired) electrons. The lowest BCUT2D eigenvalue weighted by atomic mass is 10.1. The molecule has 3 heterocycles. The Bertz CT molecular complexity index is 670. The molecule has 0 saturated carbocycles. The van der Waals surface area contributed by atoms with Gasteiger partial charge in [0.25, 0.3) is 0 Å². The van der Waals surface area contributed by atoms with Crippen molar-refractivity contribution >= 4 is 11.8 Å². The molecular weight excluding hydrogens is 294 g/mol. The number of carbonyl (C=O) groups excluding carboxylic acids is 2. The zero-order valence-electron chi connectivity index (χ0n) is 12.9. The summed E-state index contributed by atoms with van der Waals surface area (Å²) >= 11 is 0. The van der Waals surface area contributed by atoms with Gasteiger partial charge in [0.1, 0.15) is 11.8 Å². The highest BCUT2D eigenvalue weighted by atomic mass is 16.3. The van der Waals surface area contributed by atoms with Crippen molar-refractivity contribution in [3.8, 4) is 0 Å². The van der Waals surface area contributed by atoms with Gasteiger partial charge in [-0.05, 0) is 43.2 Å². The van der Waals surface area contributed by atoms with Gasteiger partial charge in [0.2, 0.25) is 11.8 Å². The van der Waals surface area contributed by atoms with Crippen molar-refractivity contribution in [3.05, 3.63) is 54.2 Å². The minimum Gasteiger partial charge on any atom is -0.467 e. The summed E-state index contributed by atoms with van der Waals surface area (Å²) in [6.07, 6.45) is 5.88. The van der Waals surface area contributed by atoms with E-state index in [2.05, 4.69) is 10.3 Å². The molecule has 2 amide bonds. The van der Waals surface area contributed by atoms with Gasteiger partial charge in [0.15, 0.2) is 0 Å². The Morgan fingerprint density at radius 1 is 1.43 bits per heavy atom. The smallest absolute Gasteiger partial charge is 0.243 e. The van der Waals surface area contributed by atoms with Gasteiger partial charge in [0, 0.05) is 18.8 Å². The summed E-state index contributed by atoms with van der Waals surface area (Å²) in [5, 5.41) is 2.98. The number of aromatic nitrogens is 1. The highest BCUT2D eigenvalue weighted by Gasteiger charge is 2.36. The Balaban J connectivity index is 1.67. The predicted octanol–water partition coefficient (Wildman–Crippen LogP) is 2.04. The molecule has 0 spiro atoms. The minimum atomic E-state index is -0.447. The molecule has 1 aliphatic heterocycles. The standard InChI is InChI=1S/C17H19N3O3/c1-12(13-6-8-18-9-7-13)19-17(22)15-4-5-16(21)20(15)11-14-3-2-10-23-14/h2-3,6-10,12,15H,4-5,11H2,1H3,(H,19,22)/t12-,15-/m0/s1. The van der Waals surface area contributed by atoms with E-state index in [4.69, 9.17) is 4.42 Å². The maximum absolute atomic E-state index is 12.6. The van der Waals surface area contributed by atoms with Gasteiger partial charge in [-0.15, -0.1) is 0 Å². The number of nitrogens with one attached hydrogen (secondary N) is 1. The van der Waals surface area contributed by atoms with E-state index in [9.17, 15) is 9.59 Å². The van der Waals surface area contributed by atoms with Gasteiger partial charge in [-0.3, -0.25) is 14.6 Å². The number of furan rings is 1. The summed E-state index contributed by atoms with van der Waals surface area (Å²) in [4.78, 5) is 30.2. The van der Waals surface area contributed by atoms with Crippen LogP contribution in [0.25, 0.3) is 0 Å². The topological polar surface area (TPSA) is 75.4 Å². The van der Waals surface area contributed by atoms with Crippen molar-refractivity contribution in [2.75, 3.05) is 0 Å². The van der Waals surface area contributed by atoms with Crippen molar-refractivity contribution < 1.29 is 14.0 Å². The van der Waals surface area contributed by atoms with Crippen LogP contribution in [0.1, 0.15) is 37.1 Å². The van der Waals surface area contributed by atoms with Gasteiger partial charge in [-0.1, -0.05) is 0 Å². The number of hydrogen-bond acceptors (Lipinski definition) is 4. The van der Waals surface area contributed by atoms with Crippen LogP contribution in [0.3, 0.4) is 0 Å². The first-order valence-electron chi connectivity index (χ1n) is 7.67. The summed E-state index contributed by atoms with van der Waals surface area (Å²) in [5.74, 6) is 0.532. The summed E-state index contributed by atoms with van der Waals surface area (Å²) in [5.41, 5.74) is 0.982. The number of hydrogen-bond donors (Lipinski definition) is 1. The van der Waals surface area contributed by atoms with Crippen molar-refractivity contribution in [2.24, 2.45) is 0 Å². The zero-order valence-corrected chi connectivity index (χ0v) is 12.9. The van der Waals surface area contributed by atoms with Crippen LogP contribution in [0.2, 0.25) is 0 Å². The highest BCUT2D eigenvalue weighted by Crippen LogP contribution is 2.23. The molecule has 2 atom stereocenters. The molecule has 23 heavy (non-hydrogen) atoms. The van der Waals surface area contributed by atoms with Gasteiger partial charge in [0.05, 0.1) is 18.8 Å². The second-order valence-electron chi connectivity index (χ2n) is 5.67. The second-order valence-corrected chi connectivity index (χ2v) is 5.67. The fraction of sp³-hybridized carbons (Fsp3) is 0.353. The largest absolute Gasteiger partial charge is 0.467 e. The average Bonchev–Trinajstić information content (AvgIpc) is 3.19. The third kappa shape index (κ3) is 3.41. The molecule has 1 aliphatic rings. The first-order valence-corrected chi connectivity index (χ1v) is 7.67. The van der Waals surface area contributed by atoms with E-state index in [0.29, 0.717) is 25.1 Å². The molecule has 1 fully saturated rings. The van der Waals surface area contributed by atoms with Gasteiger partial charge < -0.3 is 14.6 Å². The summed E-state index contributed by atoms with van der Waals surface area (Å²) in [7, 11) is 0. The minimum absolute atomic E-state index is 0.0156. The molecule has 1 saturated heterocycles. The van der Waals surface area contributed by atoms with Crippen molar-refractivity contribution in [1.82, 2.24) is 15.2 Å². The Hall–Kier alpha value is -2.63. The van der Waals surface area contributed by atoms with E-state index < -0.39 is 6.04 Å². The van der Waals surface area contributed by atoms with Crippen LogP contribution >= 0.6 is 0 Å². The van der Waals surface area contributed by atoms with Crippen molar-refractivity contribution in [1.29, 1.82) is 0 Å². The highest BCUT2D eigenvalue weighted by molar-refractivity contribution is 5.91. The quantitative estimate of drug-likeness (QED) is 0.916. The van der Waals surface area contributed by atoms with Crippen molar-refractivity contribution in [2.45, 2.75) is 38.4 Å². The third-order valence-electron chi connectivity index (χ3n) is 4.10.